The molecule has 4 nitrogen and oxygen atoms in total. The zero-order valence-corrected chi connectivity index (χ0v) is 13.4. The number of rotatable bonds is 6. The fourth-order valence-corrected chi connectivity index (χ4v) is 1.67. The lowest BCUT2D eigenvalue weighted by Gasteiger charge is -2.20. The zero-order chi connectivity index (χ0) is 15.2. The second-order valence-electron chi connectivity index (χ2n) is 6.08. The Morgan fingerprint density at radius 1 is 1.25 bits per heavy atom. The summed E-state index contributed by atoms with van der Waals surface area (Å²) in [7, 11) is 5.67. The number of ether oxygens (including phenoxy) is 1. The van der Waals surface area contributed by atoms with E-state index in [-0.39, 0.29) is 5.41 Å². The topological polar surface area (TPSA) is 34.1 Å². The van der Waals surface area contributed by atoms with Crippen LogP contribution in [0.3, 0.4) is 0 Å². The van der Waals surface area contributed by atoms with Crippen LogP contribution in [0, 0.1) is 0 Å². The number of benzene rings is 1. The van der Waals surface area contributed by atoms with E-state index in [0.29, 0.717) is 6.61 Å². The van der Waals surface area contributed by atoms with Gasteiger partial charge >= 0.3 is 0 Å². The average Bonchev–Trinajstić information content (AvgIpc) is 2.36. The molecule has 4 heteroatoms. The summed E-state index contributed by atoms with van der Waals surface area (Å²) < 4.78 is 5.35. The Morgan fingerprint density at radius 3 is 2.50 bits per heavy atom. The lowest BCUT2D eigenvalue weighted by molar-refractivity contribution is 0.127. The summed E-state index contributed by atoms with van der Waals surface area (Å²) in [6.45, 7) is 7.97. The summed E-state index contributed by atoms with van der Waals surface area (Å²) >= 11 is 0. The molecule has 0 amide bonds. The molecule has 0 fully saturated rings. The van der Waals surface area contributed by atoms with E-state index in [1.165, 1.54) is 5.56 Å². The van der Waals surface area contributed by atoms with Crippen molar-refractivity contribution >= 4 is 6.21 Å². The lowest BCUT2D eigenvalue weighted by Crippen LogP contribution is -2.16. The fourth-order valence-electron chi connectivity index (χ4n) is 1.67. The Balaban J connectivity index is 2.78. The smallest absolute Gasteiger partial charge is 0.129 e. The molecule has 1 rings (SSSR count). The normalized spacial score (nSPS) is 12.2. The van der Waals surface area contributed by atoms with Gasteiger partial charge in [0, 0.05) is 12.1 Å². The van der Waals surface area contributed by atoms with Gasteiger partial charge in [0.2, 0.25) is 0 Å². The van der Waals surface area contributed by atoms with E-state index in [0.717, 1.165) is 17.9 Å². The molecular formula is C16H26N2O2. The summed E-state index contributed by atoms with van der Waals surface area (Å²) in [6, 6.07) is 6.16. The monoisotopic (exact) mass is 278 g/mol. The van der Waals surface area contributed by atoms with E-state index in [4.69, 9.17) is 9.57 Å². The number of hydrogen-bond acceptors (Lipinski definition) is 4. The largest absolute Gasteiger partial charge is 0.496 e. The van der Waals surface area contributed by atoms with Crippen LogP contribution in [-0.4, -0.2) is 45.5 Å². The van der Waals surface area contributed by atoms with Crippen molar-refractivity contribution in [3.63, 3.8) is 0 Å². The predicted molar refractivity (Wildman–Crippen MR) is 83.8 cm³/mol. The third kappa shape index (κ3) is 5.21. The molecule has 1 aromatic carbocycles. The van der Waals surface area contributed by atoms with Gasteiger partial charge in [-0.05, 0) is 37.2 Å². The first kappa shape index (κ1) is 16.5. The van der Waals surface area contributed by atoms with Gasteiger partial charge in [-0.2, -0.15) is 0 Å². The second-order valence-corrected chi connectivity index (χ2v) is 6.08. The minimum atomic E-state index is 0.0979. The highest BCUT2D eigenvalue weighted by Gasteiger charge is 2.15. The Kier molecular flexibility index (Phi) is 6.02. The van der Waals surface area contributed by atoms with E-state index in [1.807, 2.05) is 20.2 Å². The molecule has 20 heavy (non-hydrogen) atoms. The zero-order valence-electron chi connectivity index (χ0n) is 13.4. The van der Waals surface area contributed by atoms with Crippen molar-refractivity contribution in [2.75, 3.05) is 34.4 Å². The van der Waals surface area contributed by atoms with Crippen molar-refractivity contribution in [2.24, 2.45) is 5.16 Å². The van der Waals surface area contributed by atoms with Crippen LogP contribution in [0.1, 0.15) is 31.9 Å². The van der Waals surface area contributed by atoms with Crippen molar-refractivity contribution in [2.45, 2.75) is 26.2 Å². The summed E-state index contributed by atoms with van der Waals surface area (Å²) in [5.74, 6) is 0.804. The first-order valence-corrected chi connectivity index (χ1v) is 6.83. The van der Waals surface area contributed by atoms with Crippen molar-refractivity contribution in [3.05, 3.63) is 29.3 Å². The molecule has 112 valence electrons. The summed E-state index contributed by atoms with van der Waals surface area (Å²) in [5, 5.41) is 4.01. The molecule has 0 spiro atoms. The third-order valence-corrected chi connectivity index (χ3v) is 2.99. The maximum atomic E-state index is 5.35. The number of methoxy groups -OCH3 is 1. The molecular weight excluding hydrogens is 252 g/mol. The first-order chi connectivity index (χ1) is 9.34. The van der Waals surface area contributed by atoms with Gasteiger partial charge in [-0.1, -0.05) is 32.0 Å². The Bertz CT molecular complexity index is 448. The van der Waals surface area contributed by atoms with E-state index in [1.54, 1.807) is 13.3 Å². The highest BCUT2D eigenvalue weighted by atomic mass is 16.6. The van der Waals surface area contributed by atoms with Crippen LogP contribution in [0.5, 0.6) is 5.75 Å². The third-order valence-electron chi connectivity index (χ3n) is 2.99. The van der Waals surface area contributed by atoms with Crippen LogP contribution in [0.15, 0.2) is 23.4 Å². The van der Waals surface area contributed by atoms with E-state index in [9.17, 15) is 0 Å². The van der Waals surface area contributed by atoms with Gasteiger partial charge in [0.25, 0.3) is 0 Å². The van der Waals surface area contributed by atoms with Gasteiger partial charge in [0.1, 0.15) is 12.4 Å². The van der Waals surface area contributed by atoms with Crippen LogP contribution in [-0.2, 0) is 10.3 Å². The van der Waals surface area contributed by atoms with E-state index >= 15 is 0 Å². The van der Waals surface area contributed by atoms with Gasteiger partial charge in [-0.15, -0.1) is 0 Å². The molecule has 0 aliphatic rings. The van der Waals surface area contributed by atoms with E-state index < -0.39 is 0 Å². The fraction of sp³-hybridized carbons (Fsp3) is 0.562. The van der Waals surface area contributed by atoms with Crippen molar-refractivity contribution in [1.82, 2.24) is 4.90 Å². The molecule has 1 aromatic rings. The minimum absolute atomic E-state index is 0.0979. The lowest BCUT2D eigenvalue weighted by atomic mass is 9.86. The average molecular weight is 278 g/mol. The van der Waals surface area contributed by atoms with Crippen molar-refractivity contribution in [1.29, 1.82) is 0 Å². The molecule has 0 N–H and O–H groups in total. The summed E-state index contributed by atoms with van der Waals surface area (Å²) in [5.41, 5.74) is 2.28. The summed E-state index contributed by atoms with van der Waals surface area (Å²) in [4.78, 5) is 7.30. The molecule has 0 atom stereocenters. The standard InChI is InChI=1S/C16H26N2O2/c1-16(2,3)14-7-8-15(19-6)13(11-14)12-17-20-10-9-18(4)5/h7-8,11-12H,9-10H2,1-6H3/b17-12+. The molecule has 0 saturated carbocycles. The first-order valence-electron chi connectivity index (χ1n) is 6.83. The molecule has 0 saturated heterocycles. The van der Waals surface area contributed by atoms with Gasteiger partial charge < -0.3 is 14.5 Å². The van der Waals surface area contributed by atoms with Crippen LogP contribution >= 0.6 is 0 Å². The quantitative estimate of drug-likeness (QED) is 0.456. The highest BCUT2D eigenvalue weighted by molar-refractivity contribution is 5.83. The molecule has 0 aliphatic heterocycles. The van der Waals surface area contributed by atoms with Gasteiger partial charge in [-0.3, -0.25) is 0 Å². The van der Waals surface area contributed by atoms with Crippen LogP contribution in [0.2, 0.25) is 0 Å². The van der Waals surface area contributed by atoms with Crippen LogP contribution < -0.4 is 4.74 Å². The predicted octanol–water partition coefficient (Wildman–Crippen LogP) is 2.90. The maximum absolute atomic E-state index is 5.35. The van der Waals surface area contributed by atoms with E-state index in [2.05, 4.69) is 43.0 Å². The molecule has 0 heterocycles. The number of likely N-dealkylation sites (N-methyl/N-ethyl adjacent to an activating group) is 1. The number of nitrogens with zero attached hydrogens (tertiary/aromatic N) is 2. The minimum Gasteiger partial charge on any atom is -0.496 e. The Morgan fingerprint density at radius 2 is 1.95 bits per heavy atom. The number of hydrogen-bond donors (Lipinski definition) is 0. The Hall–Kier alpha value is -1.55. The molecule has 0 aliphatic carbocycles. The maximum Gasteiger partial charge on any atom is 0.129 e. The van der Waals surface area contributed by atoms with Crippen molar-refractivity contribution in [3.8, 4) is 5.75 Å². The second kappa shape index (κ2) is 7.29. The van der Waals surface area contributed by atoms with Crippen molar-refractivity contribution < 1.29 is 9.57 Å². The van der Waals surface area contributed by atoms with Gasteiger partial charge in [0.05, 0.1) is 13.3 Å². The molecule has 0 unspecified atom stereocenters. The van der Waals surface area contributed by atoms with Gasteiger partial charge in [-0.25, -0.2) is 0 Å². The van der Waals surface area contributed by atoms with Crippen LogP contribution in [0.4, 0.5) is 0 Å². The highest BCUT2D eigenvalue weighted by Crippen LogP contribution is 2.27. The van der Waals surface area contributed by atoms with Gasteiger partial charge in [0.15, 0.2) is 0 Å². The molecule has 0 bridgehead atoms. The number of oxime groups is 1. The summed E-state index contributed by atoms with van der Waals surface area (Å²) in [6.07, 6.45) is 1.71. The molecule has 0 radical (unpaired) electrons. The Labute approximate surface area is 122 Å². The van der Waals surface area contributed by atoms with Crippen LogP contribution in [0.25, 0.3) is 0 Å². The molecule has 0 aromatic heterocycles. The SMILES string of the molecule is COc1ccc(C(C)(C)C)cc1/C=N/OCCN(C)C.